The quantitative estimate of drug-likeness (QED) is 0.851. The molecule has 3 rings (SSSR count). The van der Waals surface area contributed by atoms with Crippen LogP contribution in [0.5, 0.6) is 0 Å². The van der Waals surface area contributed by atoms with Crippen LogP contribution in [-0.2, 0) is 6.54 Å². The summed E-state index contributed by atoms with van der Waals surface area (Å²) in [6.45, 7) is 6.53. The fourth-order valence-corrected chi connectivity index (χ4v) is 3.11. The van der Waals surface area contributed by atoms with Gasteiger partial charge in [0.1, 0.15) is 0 Å². The minimum absolute atomic E-state index is 0.730. The van der Waals surface area contributed by atoms with Crippen LogP contribution in [0.1, 0.15) is 38.8 Å². The van der Waals surface area contributed by atoms with Crippen molar-refractivity contribution in [2.24, 2.45) is 5.92 Å². The molecular formula is C15H24N4S. The van der Waals surface area contributed by atoms with Crippen LogP contribution in [0.2, 0.25) is 0 Å². The number of anilines is 1. The minimum atomic E-state index is 0.730. The third-order valence-corrected chi connectivity index (χ3v) is 4.64. The summed E-state index contributed by atoms with van der Waals surface area (Å²) in [5.41, 5.74) is 1.31. The van der Waals surface area contributed by atoms with Gasteiger partial charge in [0, 0.05) is 37.8 Å². The van der Waals surface area contributed by atoms with E-state index < -0.39 is 0 Å². The molecule has 0 bridgehead atoms. The highest BCUT2D eigenvalue weighted by Crippen LogP contribution is 2.26. The topological polar surface area (TPSA) is 32.6 Å². The maximum Gasteiger partial charge on any atom is 0.195 e. The molecule has 1 N–H and O–H groups in total. The van der Waals surface area contributed by atoms with Gasteiger partial charge in [0.15, 0.2) is 10.8 Å². The Morgan fingerprint density at radius 3 is 3.00 bits per heavy atom. The largest absolute Gasteiger partial charge is 0.358 e. The molecular weight excluding hydrogens is 268 g/mol. The highest BCUT2D eigenvalue weighted by atomic mass is 32.1. The molecule has 2 aromatic heterocycles. The average molecular weight is 292 g/mol. The zero-order valence-electron chi connectivity index (χ0n) is 12.6. The Morgan fingerprint density at radius 1 is 1.50 bits per heavy atom. The Balaban J connectivity index is 1.79. The highest BCUT2D eigenvalue weighted by molar-refractivity contribution is 7.15. The molecule has 110 valence electrons. The molecule has 0 aliphatic heterocycles. The minimum Gasteiger partial charge on any atom is -0.358 e. The van der Waals surface area contributed by atoms with Crippen molar-refractivity contribution in [2.75, 3.05) is 18.5 Å². The van der Waals surface area contributed by atoms with E-state index in [9.17, 15) is 0 Å². The second kappa shape index (κ2) is 5.74. The van der Waals surface area contributed by atoms with Crippen LogP contribution in [0, 0.1) is 5.92 Å². The van der Waals surface area contributed by atoms with Crippen molar-refractivity contribution in [3.05, 3.63) is 17.3 Å². The van der Waals surface area contributed by atoms with Crippen LogP contribution in [0.25, 0.3) is 4.96 Å². The van der Waals surface area contributed by atoms with E-state index in [0.29, 0.717) is 0 Å². The fraction of sp³-hybridized carbons (Fsp3) is 0.667. The van der Waals surface area contributed by atoms with Crippen molar-refractivity contribution < 1.29 is 0 Å². The van der Waals surface area contributed by atoms with Gasteiger partial charge in [0.05, 0.1) is 5.69 Å². The van der Waals surface area contributed by atoms with E-state index in [1.54, 1.807) is 11.3 Å². The molecule has 1 fully saturated rings. The summed E-state index contributed by atoms with van der Waals surface area (Å²) in [5, 5.41) is 5.73. The molecule has 2 aromatic rings. The van der Waals surface area contributed by atoms with Gasteiger partial charge in [-0.25, -0.2) is 4.98 Å². The van der Waals surface area contributed by atoms with Crippen LogP contribution in [-0.4, -0.2) is 29.0 Å². The number of aromatic nitrogens is 2. The first-order valence-electron chi connectivity index (χ1n) is 7.54. The molecule has 20 heavy (non-hydrogen) atoms. The summed E-state index contributed by atoms with van der Waals surface area (Å²) in [6, 6.07) is 0.730. The molecule has 0 saturated heterocycles. The third kappa shape index (κ3) is 2.99. The van der Waals surface area contributed by atoms with Crippen molar-refractivity contribution in [1.82, 2.24) is 14.7 Å². The van der Waals surface area contributed by atoms with Gasteiger partial charge in [-0.3, -0.25) is 4.40 Å². The molecule has 0 aromatic carbocycles. The number of rotatable bonds is 7. The van der Waals surface area contributed by atoms with Crippen molar-refractivity contribution in [3.63, 3.8) is 0 Å². The lowest BCUT2D eigenvalue weighted by Crippen LogP contribution is -2.24. The maximum absolute atomic E-state index is 4.82. The third-order valence-electron chi connectivity index (χ3n) is 3.88. The lowest BCUT2D eigenvalue weighted by atomic mass is 10.1. The van der Waals surface area contributed by atoms with Gasteiger partial charge in [-0.1, -0.05) is 13.8 Å². The molecule has 1 aliphatic rings. The van der Waals surface area contributed by atoms with E-state index in [1.807, 2.05) is 0 Å². The summed E-state index contributed by atoms with van der Waals surface area (Å²) in [5.74, 6) is 1.87. The molecule has 0 amide bonds. The maximum atomic E-state index is 4.82. The van der Waals surface area contributed by atoms with Crippen LogP contribution in [0.15, 0.2) is 11.6 Å². The van der Waals surface area contributed by atoms with E-state index in [1.165, 1.54) is 25.0 Å². The summed E-state index contributed by atoms with van der Waals surface area (Å²) in [4.78, 5) is 8.23. The van der Waals surface area contributed by atoms with Gasteiger partial charge in [-0.15, -0.1) is 11.3 Å². The number of fused-ring (bicyclic) bond motifs is 1. The standard InChI is InChI=1S/C15H24N4S/c1-11(2)6-7-18(3)14-13(10-16-12-4-5-12)19-8-9-20-15(19)17-14/h8-9,11-12,16H,4-7,10H2,1-3H3. The van der Waals surface area contributed by atoms with Gasteiger partial charge in [-0.2, -0.15) is 0 Å². The number of nitrogens with one attached hydrogen (secondary N) is 1. The number of hydrogen-bond donors (Lipinski definition) is 1. The van der Waals surface area contributed by atoms with Gasteiger partial charge < -0.3 is 10.2 Å². The highest BCUT2D eigenvalue weighted by Gasteiger charge is 2.23. The van der Waals surface area contributed by atoms with Crippen molar-refractivity contribution in [2.45, 2.75) is 45.7 Å². The Labute approximate surface area is 124 Å². The Kier molecular flexibility index (Phi) is 3.98. The molecule has 0 unspecified atom stereocenters. The van der Waals surface area contributed by atoms with E-state index in [0.717, 1.165) is 35.8 Å². The Morgan fingerprint density at radius 2 is 2.30 bits per heavy atom. The first kappa shape index (κ1) is 13.9. The van der Waals surface area contributed by atoms with Gasteiger partial charge in [0.2, 0.25) is 0 Å². The van der Waals surface area contributed by atoms with Gasteiger partial charge in [0.25, 0.3) is 0 Å². The monoisotopic (exact) mass is 292 g/mol. The predicted octanol–water partition coefficient (Wildman–Crippen LogP) is 3.13. The molecule has 4 nitrogen and oxygen atoms in total. The smallest absolute Gasteiger partial charge is 0.195 e. The first-order chi connectivity index (χ1) is 9.65. The zero-order valence-corrected chi connectivity index (χ0v) is 13.4. The molecule has 2 heterocycles. The summed E-state index contributed by atoms with van der Waals surface area (Å²) in [7, 11) is 2.16. The molecule has 5 heteroatoms. The number of imidazole rings is 1. The Hall–Kier alpha value is -1.07. The van der Waals surface area contributed by atoms with Gasteiger partial charge >= 0.3 is 0 Å². The van der Waals surface area contributed by atoms with E-state index in [2.05, 4.69) is 47.1 Å². The van der Waals surface area contributed by atoms with E-state index in [-0.39, 0.29) is 0 Å². The molecule has 0 radical (unpaired) electrons. The lowest BCUT2D eigenvalue weighted by molar-refractivity contribution is 0.582. The SMILES string of the molecule is CC(C)CCN(C)c1nc2sccn2c1CNC1CC1. The molecule has 0 spiro atoms. The molecule has 1 saturated carbocycles. The first-order valence-corrected chi connectivity index (χ1v) is 8.42. The lowest BCUT2D eigenvalue weighted by Gasteiger charge is -2.19. The predicted molar refractivity (Wildman–Crippen MR) is 85.7 cm³/mol. The number of thiazole rings is 1. The molecule has 1 aliphatic carbocycles. The van der Waals surface area contributed by atoms with Crippen LogP contribution in [0.4, 0.5) is 5.82 Å². The summed E-state index contributed by atoms with van der Waals surface area (Å²) >= 11 is 1.71. The van der Waals surface area contributed by atoms with Crippen LogP contribution < -0.4 is 10.2 Å². The van der Waals surface area contributed by atoms with E-state index in [4.69, 9.17) is 4.98 Å². The number of nitrogens with zero attached hydrogens (tertiary/aromatic N) is 3. The van der Waals surface area contributed by atoms with Gasteiger partial charge in [-0.05, 0) is 25.2 Å². The molecule has 0 atom stereocenters. The average Bonchev–Trinajstić information content (AvgIpc) is 3.01. The summed E-state index contributed by atoms with van der Waals surface area (Å²) < 4.78 is 2.24. The summed E-state index contributed by atoms with van der Waals surface area (Å²) in [6.07, 6.45) is 5.99. The number of hydrogen-bond acceptors (Lipinski definition) is 4. The van der Waals surface area contributed by atoms with Crippen LogP contribution >= 0.6 is 11.3 Å². The van der Waals surface area contributed by atoms with E-state index >= 15 is 0 Å². The van der Waals surface area contributed by atoms with Crippen molar-refractivity contribution >= 4 is 22.1 Å². The second-order valence-corrected chi connectivity index (χ2v) is 7.07. The fourth-order valence-electron chi connectivity index (χ4n) is 2.38. The Bertz CT molecular complexity index is 567. The zero-order chi connectivity index (χ0) is 14.1. The normalized spacial score (nSPS) is 15.4. The second-order valence-electron chi connectivity index (χ2n) is 6.20. The van der Waals surface area contributed by atoms with Crippen LogP contribution in [0.3, 0.4) is 0 Å². The van der Waals surface area contributed by atoms with Crippen molar-refractivity contribution in [3.8, 4) is 0 Å². The van der Waals surface area contributed by atoms with Crippen molar-refractivity contribution in [1.29, 1.82) is 0 Å².